The van der Waals surface area contributed by atoms with E-state index in [2.05, 4.69) is 5.32 Å². The first kappa shape index (κ1) is 10.5. The summed E-state index contributed by atoms with van der Waals surface area (Å²) in [6, 6.07) is 7.48. The van der Waals surface area contributed by atoms with E-state index in [9.17, 15) is 4.79 Å². The third-order valence-corrected chi connectivity index (χ3v) is 1.86. The van der Waals surface area contributed by atoms with Crippen LogP contribution in [0.3, 0.4) is 0 Å². The molecule has 14 heavy (non-hydrogen) atoms. The van der Waals surface area contributed by atoms with Crippen molar-refractivity contribution in [2.75, 3.05) is 18.9 Å². The van der Waals surface area contributed by atoms with Crippen LogP contribution in [0, 0.1) is 0 Å². The van der Waals surface area contributed by atoms with Gasteiger partial charge in [0.15, 0.2) is 0 Å². The van der Waals surface area contributed by atoms with E-state index in [0.29, 0.717) is 6.54 Å². The lowest BCUT2D eigenvalue weighted by atomic mass is 10.1. The van der Waals surface area contributed by atoms with Gasteiger partial charge in [-0.15, -0.1) is 0 Å². The second-order valence-electron chi connectivity index (χ2n) is 3.00. The molecule has 0 unspecified atom stereocenters. The van der Waals surface area contributed by atoms with E-state index in [-0.39, 0.29) is 5.91 Å². The van der Waals surface area contributed by atoms with E-state index in [4.69, 9.17) is 10.8 Å². The van der Waals surface area contributed by atoms with Crippen LogP contribution >= 0.6 is 0 Å². The van der Waals surface area contributed by atoms with Crippen LogP contribution in [0.4, 0.5) is 5.69 Å². The zero-order chi connectivity index (χ0) is 10.4. The van der Waals surface area contributed by atoms with Crippen molar-refractivity contribution in [1.82, 2.24) is 5.32 Å². The Kier molecular flexibility index (Phi) is 3.94. The quantitative estimate of drug-likeness (QED) is 0.587. The summed E-state index contributed by atoms with van der Waals surface area (Å²) in [4.78, 5) is 10.7. The smallest absolute Gasteiger partial charge is 0.245 e. The maximum absolute atomic E-state index is 10.7. The lowest BCUT2D eigenvalue weighted by molar-refractivity contribution is -0.123. The lowest BCUT2D eigenvalue weighted by Gasteiger charge is -2.03. The molecule has 0 aromatic heterocycles. The van der Waals surface area contributed by atoms with Crippen LogP contribution in [0.5, 0.6) is 0 Å². The van der Waals surface area contributed by atoms with Crippen molar-refractivity contribution in [2.24, 2.45) is 0 Å². The highest BCUT2D eigenvalue weighted by atomic mass is 16.3. The van der Waals surface area contributed by atoms with Gasteiger partial charge >= 0.3 is 0 Å². The predicted octanol–water partition coefficient (Wildman–Crippen LogP) is -0.0802. The number of hydrogen-bond donors (Lipinski definition) is 3. The van der Waals surface area contributed by atoms with Gasteiger partial charge in [-0.3, -0.25) is 4.79 Å². The lowest BCUT2D eigenvalue weighted by Crippen LogP contribution is -2.28. The summed E-state index contributed by atoms with van der Waals surface area (Å²) in [5.74, 6) is -0.347. The van der Waals surface area contributed by atoms with Gasteiger partial charge in [-0.2, -0.15) is 0 Å². The van der Waals surface area contributed by atoms with Gasteiger partial charge in [0.05, 0.1) is 0 Å². The van der Waals surface area contributed by atoms with Crippen molar-refractivity contribution in [3.63, 3.8) is 0 Å². The molecule has 0 aliphatic heterocycles. The van der Waals surface area contributed by atoms with Crippen molar-refractivity contribution < 1.29 is 9.90 Å². The van der Waals surface area contributed by atoms with Crippen LogP contribution in [0.2, 0.25) is 0 Å². The molecular weight excluding hydrogens is 180 g/mol. The second kappa shape index (κ2) is 5.24. The molecule has 0 fully saturated rings. The summed E-state index contributed by atoms with van der Waals surface area (Å²) in [5.41, 5.74) is 7.36. The topological polar surface area (TPSA) is 75.3 Å². The van der Waals surface area contributed by atoms with Crippen LogP contribution in [-0.2, 0) is 11.2 Å². The van der Waals surface area contributed by atoms with Gasteiger partial charge in [0, 0.05) is 12.2 Å². The molecule has 0 heterocycles. The number of hydrogen-bond acceptors (Lipinski definition) is 3. The first-order chi connectivity index (χ1) is 6.72. The molecule has 4 N–H and O–H groups in total. The van der Waals surface area contributed by atoms with Crippen molar-refractivity contribution >= 4 is 11.6 Å². The van der Waals surface area contributed by atoms with Gasteiger partial charge in [0.1, 0.15) is 6.61 Å². The fraction of sp³-hybridized carbons (Fsp3) is 0.300. The van der Waals surface area contributed by atoms with Crippen molar-refractivity contribution in [1.29, 1.82) is 0 Å². The summed E-state index contributed by atoms with van der Waals surface area (Å²) >= 11 is 0. The number of nitrogens with two attached hydrogens (primary N) is 1. The highest BCUT2D eigenvalue weighted by molar-refractivity contribution is 5.76. The minimum Gasteiger partial charge on any atom is -0.399 e. The standard InChI is InChI=1S/C10H14N2O2/c11-9-3-1-8(2-4-9)5-6-12-10(14)7-13/h1-4,13H,5-7,11H2,(H,12,14). The molecule has 0 aliphatic rings. The molecule has 0 spiro atoms. The fourth-order valence-corrected chi connectivity index (χ4v) is 1.09. The minimum absolute atomic E-state index is 0.347. The number of nitrogen functional groups attached to an aromatic ring is 1. The summed E-state index contributed by atoms with van der Waals surface area (Å²) in [7, 11) is 0. The molecule has 0 aliphatic carbocycles. The minimum atomic E-state index is -0.457. The summed E-state index contributed by atoms with van der Waals surface area (Å²) < 4.78 is 0. The van der Waals surface area contributed by atoms with E-state index in [1.54, 1.807) is 0 Å². The van der Waals surface area contributed by atoms with Gasteiger partial charge in [0.2, 0.25) is 5.91 Å². The third kappa shape index (κ3) is 3.45. The van der Waals surface area contributed by atoms with Gasteiger partial charge in [0.25, 0.3) is 0 Å². The SMILES string of the molecule is Nc1ccc(CCNC(=O)CO)cc1. The zero-order valence-corrected chi connectivity index (χ0v) is 7.86. The Bertz CT molecular complexity index is 295. The number of benzene rings is 1. The van der Waals surface area contributed by atoms with Gasteiger partial charge in [-0.25, -0.2) is 0 Å². The van der Waals surface area contributed by atoms with E-state index < -0.39 is 6.61 Å². The number of carbonyl (C=O) groups excluding carboxylic acids is 1. The van der Waals surface area contributed by atoms with E-state index >= 15 is 0 Å². The first-order valence-electron chi connectivity index (χ1n) is 4.44. The number of nitrogens with one attached hydrogen (secondary N) is 1. The van der Waals surface area contributed by atoms with Gasteiger partial charge < -0.3 is 16.2 Å². The highest BCUT2D eigenvalue weighted by Gasteiger charge is 1.97. The van der Waals surface area contributed by atoms with Gasteiger partial charge in [-0.05, 0) is 24.1 Å². The molecule has 4 heteroatoms. The van der Waals surface area contributed by atoms with Crippen molar-refractivity contribution in [3.05, 3.63) is 29.8 Å². The molecule has 4 nitrogen and oxygen atoms in total. The first-order valence-corrected chi connectivity index (χ1v) is 4.44. The van der Waals surface area contributed by atoms with Crippen molar-refractivity contribution in [2.45, 2.75) is 6.42 Å². The normalized spacial score (nSPS) is 9.79. The molecule has 76 valence electrons. The van der Waals surface area contributed by atoms with Crippen molar-refractivity contribution in [3.8, 4) is 0 Å². The summed E-state index contributed by atoms with van der Waals surface area (Å²) in [5, 5.41) is 11.0. The van der Waals surface area contributed by atoms with Crippen LogP contribution in [0.15, 0.2) is 24.3 Å². The van der Waals surface area contributed by atoms with E-state index in [0.717, 1.165) is 17.7 Å². The fourth-order valence-electron chi connectivity index (χ4n) is 1.09. The average Bonchev–Trinajstić information content (AvgIpc) is 2.21. The molecular formula is C10H14N2O2. The maximum Gasteiger partial charge on any atom is 0.245 e. The Labute approximate surface area is 82.7 Å². The van der Waals surface area contributed by atoms with Crippen LogP contribution in [-0.4, -0.2) is 24.2 Å². The van der Waals surface area contributed by atoms with Crippen LogP contribution < -0.4 is 11.1 Å². The number of carbonyl (C=O) groups is 1. The van der Waals surface area contributed by atoms with E-state index in [1.807, 2.05) is 24.3 Å². The summed E-state index contributed by atoms with van der Waals surface area (Å²) in [6.07, 6.45) is 0.742. The highest BCUT2D eigenvalue weighted by Crippen LogP contribution is 2.05. The summed E-state index contributed by atoms with van der Waals surface area (Å²) in [6.45, 7) is 0.0745. The molecule has 1 aromatic rings. The molecule has 0 bridgehead atoms. The Balaban J connectivity index is 2.31. The molecule has 0 atom stereocenters. The average molecular weight is 194 g/mol. The Hall–Kier alpha value is -1.55. The van der Waals surface area contributed by atoms with Gasteiger partial charge in [-0.1, -0.05) is 12.1 Å². The monoisotopic (exact) mass is 194 g/mol. The number of aliphatic hydroxyl groups excluding tert-OH is 1. The molecule has 1 aromatic carbocycles. The number of amides is 1. The molecule has 1 rings (SSSR count). The zero-order valence-electron chi connectivity index (χ0n) is 7.86. The van der Waals surface area contributed by atoms with Crippen LogP contribution in [0.25, 0.3) is 0 Å². The van der Waals surface area contributed by atoms with Crippen LogP contribution in [0.1, 0.15) is 5.56 Å². The molecule has 0 saturated carbocycles. The Morgan fingerprint density at radius 1 is 1.36 bits per heavy atom. The maximum atomic E-state index is 10.7. The Morgan fingerprint density at radius 2 is 2.00 bits per heavy atom. The molecule has 0 radical (unpaired) electrons. The molecule has 1 amide bonds. The largest absolute Gasteiger partial charge is 0.399 e. The third-order valence-electron chi connectivity index (χ3n) is 1.86. The number of rotatable bonds is 4. The predicted molar refractivity (Wildman–Crippen MR) is 54.7 cm³/mol. The number of aliphatic hydroxyl groups is 1. The number of anilines is 1. The molecule has 0 saturated heterocycles. The Morgan fingerprint density at radius 3 is 2.57 bits per heavy atom. The van der Waals surface area contributed by atoms with E-state index in [1.165, 1.54) is 0 Å². The second-order valence-corrected chi connectivity index (χ2v) is 3.00.